The highest BCUT2D eigenvalue weighted by atomic mass is 35.5. The highest BCUT2D eigenvalue weighted by molar-refractivity contribution is 6.31. The zero-order valence-electron chi connectivity index (χ0n) is 11.2. The van der Waals surface area contributed by atoms with Gasteiger partial charge in [0.2, 0.25) is 0 Å². The number of nitrogens with zero attached hydrogens (tertiary/aromatic N) is 1. The number of carbonyl (C=O) groups excluding carboxylic acids is 1. The molecule has 0 aliphatic carbocycles. The number of hydrogen-bond acceptors (Lipinski definition) is 2. The van der Waals surface area contributed by atoms with Crippen molar-refractivity contribution in [1.29, 1.82) is 0 Å². The maximum Gasteiger partial charge on any atom is 0.383 e. The minimum absolute atomic E-state index is 0. The van der Waals surface area contributed by atoms with E-state index < -0.39 is 24.3 Å². The first-order valence-electron chi connectivity index (χ1n) is 6.28. The fourth-order valence-corrected chi connectivity index (χ4v) is 2.52. The molecule has 1 fully saturated rings. The van der Waals surface area contributed by atoms with Gasteiger partial charge in [-0.1, -0.05) is 29.8 Å². The van der Waals surface area contributed by atoms with Gasteiger partial charge < -0.3 is 10.2 Å². The Kier molecular flexibility index (Phi) is 6.46. The Balaban J connectivity index is 0.00000242. The van der Waals surface area contributed by atoms with Crippen LogP contribution in [0.15, 0.2) is 24.3 Å². The van der Waals surface area contributed by atoms with Gasteiger partial charge in [0, 0.05) is 24.7 Å². The van der Waals surface area contributed by atoms with Crippen molar-refractivity contribution in [2.45, 2.75) is 18.4 Å². The molecule has 0 bridgehead atoms. The molecule has 1 aromatic rings. The van der Waals surface area contributed by atoms with E-state index >= 15 is 0 Å². The second-order valence-corrected chi connectivity index (χ2v) is 5.07. The van der Waals surface area contributed by atoms with Crippen LogP contribution < -0.4 is 5.32 Å². The Bertz CT molecular complexity index is 531. The molecule has 1 unspecified atom stereocenters. The largest absolute Gasteiger partial charge is 0.383 e. The minimum Gasteiger partial charge on any atom is -0.328 e. The van der Waals surface area contributed by atoms with E-state index in [9.17, 15) is 22.4 Å². The zero-order chi connectivity index (χ0) is 15.6. The van der Waals surface area contributed by atoms with Crippen molar-refractivity contribution in [1.82, 2.24) is 10.2 Å². The molecule has 0 aromatic heterocycles. The van der Waals surface area contributed by atoms with Gasteiger partial charge in [-0.05, 0) is 11.6 Å². The third-order valence-corrected chi connectivity index (χ3v) is 3.67. The Labute approximate surface area is 136 Å². The molecular formula is C13H14Cl2F4N2O. The monoisotopic (exact) mass is 360 g/mol. The standard InChI is InChI=1S/C13H13ClF4N2O.ClH/c14-9-4-2-1-3-8(9)10-7-19-5-6-20(10)12(21)13(17,18)11(15)16;/h1-4,10-11,19H,5-7H2;1H. The topological polar surface area (TPSA) is 32.3 Å². The molecule has 0 radical (unpaired) electrons. The van der Waals surface area contributed by atoms with E-state index in [0.29, 0.717) is 10.6 Å². The van der Waals surface area contributed by atoms with E-state index in [2.05, 4.69) is 5.32 Å². The molecule has 1 atom stereocenters. The molecule has 1 N–H and O–H groups in total. The van der Waals surface area contributed by atoms with E-state index in [1.807, 2.05) is 0 Å². The lowest BCUT2D eigenvalue weighted by atomic mass is 10.0. The lowest BCUT2D eigenvalue weighted by Crippen LogP contribution is -2.55. The number of piperazine rings is 1. The van der Waals surface area contributed by atoms with Crippen LogP contribution in [0.2, 0.25) is 5.02 Å². The van der Waals surface area contributed by atoms with Crippen molar-refractivity contribution in [3.8, 4) is 0 Å². The van der Waals surface area contributed by atoms with Crippen LogP contribution in [0.3, 0.4) is 0 Å². The quantitative estimate of drug-likeness (QED) is 0.840. The average Bonchev–Trinajstić information content (AvgIpc) is 2.47. The van der Waals surface area contributed by atoms with Crippen molar-refractivity contribution < 1.29 is 22.4 Å². The summed E-state index contributed by atoms with van der Waals surface area (Å²) in [6.07, 6.45) is -4.04. The summed E-state index contributed by atoms with van der Waals surface area (Å²) in [7, 11) is 0. The molecule has 3 nitrogen and oxygen atoms in total. The van der Waals surface area contributed by atoms with Gasteiger partial charge in [0.25, 0.3) is 5.91 Å². The van der Waals surface area contributed by atoms with Crippen molar-refractivity contribution in [3.63, 3.8) is 0 Å². The summed E-state index contributed by atoms with van der Waals surface area (Å²) >= 11 is 6.00. The predicted molar refractivity (Wildman–Crippen MR) is 77.0 cm³/mol. The summed E-state index contributed by atoms with van der Waals surface area (Å²) in [6.45, 7) is 0.345. The number of rotatable bonds is 3. The number of benzene rings is 1. The first-order chi connectivity index (χ1) is 9.85. The van der Waals surface area contributed by atoms with Gasteiger partial charge in [-0.3, -0.25) is 4.79 Å². The summed E-state index contributed by atoms with van der Waals surface area (Å²) < 4.78 is 51.4. The average molecular weight is 361 g/mol. The fraction of sp³-hybridized carbons (Fsp3) is 0.462. The maximum absolute atomic E-state index is 13.3. The summed E-state index contributed by atoms with van der Waals surface area (Å²) in [5.41, 5.74) is 0.449. The van der Waals surface area contributed by atoms with Gasteiger partial charge in [-0.15, -0.1) is 12.4 Å². The lowest BCUT2D eigenvalue weighted by molar-refractivity contribution is -0.183. The van der Waals surface area contributed by atoms with Crippen LogP contribution in [-0.4, -0.2) is 42.8 Å². The molecule has 1 amide bonds. The van der Waals surface area contributed by atoms with E-state index in [1.54, 1.807) is 24.3 Å². The van der Waals surface area contributed by atoms with Crippen LogP contribution >= 0.6 is 24.0 Å². The number of nitrogens with one attached hydrogen (secondary N) is 1. The molecule has 1 heterocycles. The van der Waals surface area contributed by atoms with Crippen molar-refractivity contribution in [3.05, 3.63) is 34.9 Å². The van der Waals surface area contributed by atoms with E-state index in [1.165, 1.54) is 0 Å². The molecule has 2 rings (SSSR count). The molecule has 9 heteroatoms. The number of hydrogen-bond donors (Lipinski definition) is 1. The Hall–Kier alpha value is -1.05. The van der Waals surface area contributed by atoms with Gasteiger partial charge in [0.15, 0.2) is 0 Å². The number of carbonyl (C=O) groups is 1. The molecule has 1 aliphatic heterocycles. The van der Waals surface area contributed by atoms with Gasteiger partial charge in [0.1, 0.15) is 0 Å². The molecule has 0 spiro atoms. The second kappa shape index (κ2) is 7.48. The molecule has 22 heavy (non-hydrogen) atoms. The molecule has 124 valence electrons. The highest BCUT2D eigenvalue weighted by Crippen LogP contribution is 2.33. The third-order valence-electron chi connectivity index (χ3n) is 3.33. The van der Waals surface area contributed by atoms with Crippen LogP contribution in [0.5, 0.6) is 0 Å². The third kappa shape index (κ3) is 3.64. The van der Waals surface area contributed by atoms with Crippen LogP contribution in [0.1, 0.15) is 11.6 Å². The first kappa shape index (κ1) is 19.0. The lowest BCUT2D eigenvalue weighted by Gasteiger charge is -2.38. The van der Waals surface area contributed by atoms with Crippen molar-refractivity contribution >= 4 is 29.9 Å². The Morgan fingerprint density at radius 2 is 2.00 bits per heavy atom. The molecular weight excluding hydrogens is 347 g/mol. The SMILES string of the molecule is Cl.O=C(N1CCNCC1c1ccccc1Cl)C(F)(F)C(F)F. The molecule has 1 saturated heterocycles. The molecule has 1 aromatic carbocycles. The Morgan fingerprint density at radius 3 is 2.59 bits per heavy atom. The summed E-state index contributed by atoms with van der Waals surface area (Å²) in [6, 6.07) is 5.64. The second-order valence-electron chi connectivity index (χ2n) is 4.66. The normalized spacial score (nSPS) is 19.0. The van der Waals surface area contributed by atoms with Gasteiger partial charge in [-0.2, -0.15) is 8.78 Å². The predicted octanol–water partition coefficient (Wildman–Crippen LogP) is 3.14. The number of amides is 1. The van der Waals surface area contributed by atoms with E-state index in [0.717, 1.165) is 4.90 Å². The van der Waals surface area contributed by atoms with Crippen LogP contribution in [-0.2, 0) is 4.79 Å². The number of halogens is 6. The maximum atomic E-state index is 13.3. The van der Waals surface area contributed by atoms with E-state index in [-0.39, 0.29) is 32.0 Å². The highest BCUT2D eigenvalue weighted by Gasteiger charge is 2.52. The van der Waals surface area contributed by atoms with Crippen LogP contribution in [0.4, 0.5) is 17.6 Å². The fourth-order valence-electron chi connectivity index (χ4n) is 2.26. The first-order valence-corrected chi connectivity index (χ1v) is 6.65. The van der Waals surface area contributed by atoms with Crippen molar-refractivity contribution in [2.24, 2.45) is 0 Å². The minimum atomic E-state index is -4.70. The smallest absolute Gasteiger partial charge is 0.328 e. The van der Waals surface area contributed by atoms with Crippen molar-refractivity contribution in [2.75, 3.05) is 19.6 Å². The van der Waals surface area contributed by atoms with Crippen LogP contribution in [0.25, 0.3) is 0 Å². The molecule has 0 saturated carbocycles. The van der Waals surface area contributed by atoms with Gasteiger partial charge >= 0.3 is 12.3 Å². The van der Waals surface area contributed by atoms with Gasteiger partial charge in [-0.25, -0.2) is 8.78 Å². The van der Waals surface area contributed by atoms with Crippen LogP contribution in [0, 0.1) is 0 Å². The Morgan fingerprint density at radius 1 is 1.36 bits per heavy atom. The van der Waals surface area contributed by atoms with Gasteiger partial charge in [0.05, 0.1) is 6.04 Å². The summed E-state index contributed by atoms with van der Waals surface area (Å²) in [5.74, 6) is -6.57. The zero-order valence-corrected chi connectivity index (χ0v) is 12.8. The summed E-state index contributed by atoms with van der Waals surface area (Å²) in [5, 5.41) is 3.24. The number of alkyl halides is 4. The van der Waals surface area contributed by atoms with E-state index in [4.69, 9.17) is 11.6 Å². The summed E-state index contributed by atoms with van der Waals surface area (Å²) in [4.78, 5) is 12.5. The molecule has 1 aliphatic rings.